The number of ether oxygens (including phenoxy) is 3. The first-order valence-corrected chi connectivity index (χ1v) is 7.51. The molecule has 5 nitrogen and oxygen atoms in total. The van der Waals surface area contributed by atoms with Crippen LogP contribution in [0.15, 0.2) is 11.1 Å². The lowest BCUT2D eigenvalue weighted by atomic mass is 10.0. The molecule has 0 aromatic rings. The Morgan fingerprint density at radius 1 is 1.05 bits per heavy atom. The zero-order chi connectivity index (χ0) is 15.7. The molecule has 1 aliphatic carbocycles. The molecule has 120 valence electrons. The van der Waals surface area contributed by atoms with Crippen molar-refractivity contribution in [2.75, 3.05) is 21.3 Å². The second-order valence-corrected chi connectivity index (χ2v) is 5.22. The van der Waals surface area contributed by atoms with Gasteiger partial charge < -0.3 is 14.2 Å². The van der Waals surface area contributed by atoms with Gasteiger partial charge in [0.2, 0.25) is 0 Å². The highest BCUT2D eigenvalue weighted by Gasteiger charge is 2.27. The Hall–Kier alpha value is -1.20. The van der Waals surface area contributed by atoms with E-state index < -0.39 is 6.29 Å². The summed E-state index contributed by atoms with van der Waals surface area (Å²) in [5, 5.41) is 0. The van der Waals surface area contributed by atoms with Crippen LogP contribution in [0.2, 0.25) is 0 Å². The molecular formula is C16H26O5. The molecule has 0 aromatic heterocycles. The van der Waals surface area contributed by atoms with Crippen LogP contribution in [0.3, 0.4) is 0 Å². The van der Waals surface area contributed by atoms with Crippen LogP contribution in [0, 0.1) is 0 Å². The molecule has 1 aliphatic rings. The molecule has 0 heterocycles. The number of carbonyl (C=O) groups excluding carboxylic acids is 2. The molecule has 1 rings (SSSR count). The second-order valence-electron chi connectivity index (χ2n) is 5.22. The average molecular weight is 298 g/mol. The van der Waals surface area contributed by atoms with Gasteiger partial charge in [-0.1, -0.05) is 12.8 Å². The average Bonchev–Trinajstić information content (AvgIpc) is 2.85. The first kappa shape index (κ1) is 17.9. The maximum Gasteiger partial charge on any atom is 0.305 e. The predicted octanol–water partition coefficient (Wildman–Crippen LogP) is 2.78. The van der Waals surface area contributed by atoms with Crippen LogP contribution in [0.5, 0.6) is 0 Å². The van der Waals surface area contributed by atoms with Crippen molar-refractivity contribution in [1.82, 2.24) is 0 Å². The molecule has 0 atom stereocenters. The van der Waals surface area contributed by atoms with Crippen molar-refractivity contribution in [3.63, 3.8) is 0 Å². The third-order valence-corrected chi connectivity index (χ3v) is 3.84. The van der Waals surface area contributed by atoms with Crippen molar-refractivity contribution in [3.8, 4) is 0 Å². The summed E-state index contributed by atoms with van der Waals surface area (Å²) < 4.78 is 15.1. The summed E-state index contributed by atoms with van der Waals surface area (Å²) in [5.74, 6) is 0.0626. The number of methoxy groups -OCH3 is 3. The maximum absolute atomic E-state index is 11.9. The molecule has 0 unspecified atom stereocenters. The molecule has 0 aliphatic heterocycles. The Morgan fingerprint density at radius 3 is 2.33 bits per heavy atom. The zero-order valence-electron chi connectivity index (χ0n) is 13.3. The molecule has 0 saturated heterocycles. The highest BCUT2D eigenvalue weighted by atomic mass is 16.7. The fraction of sp³-hybridized carbons (Fsp3) is 0.750. The van der Waals surface area contributed by atoms with Crippen molar-refractivity contribution in [3.05, 3.63) is 11.1 Å². The normalized spacial score (nSPS) is 15.1. The number of Topliss-reactive ketones (excluding diaryl/α,β-unsaturated/α-hetero) is 1. The molecule has 0 spiro atoms. The topological polar surface area (TPSA) is 61.8 Å². The second kappa shape index (κ2) is 9.68. The number of allylic oxidation sites excluding steroid dienone is 1. The Bertz CT molecular complexity index is 382. The summed E-state index contributed by atoms with van der Waals surface area (Å²) in [6.45, 7) is 0. The van der Waals surface area contributed by atoms with E-state index in [9.17, 15) is 9.59 Å². The number of rotatable bonds is 10. The number of unbranched alkanes of at least 4 members (excludes halogenated alkanes) is 3. The van der Waals surface area contributed by atoms with Crippen LogP contribution >= 0.6 is 0 Å². The van der Waals surface area contributed by atoms with Crippen LogP contribution < -0.4 is 0 Å². The van der Waals surface area contributed by atoms with Crippen LogP contribution in [0.25, 0.3) is 0 Å². The van der Waals surface area contributed by atoms with Crippen LogP contribution in [-0.2, 0) is 23.8 Å². The van der Waals surface area contributed by atoms with Gasteiger partial charge in [-0.25, -0.2) is 0 Å². The van der Waals surface area contributed by atoms with E-state index in [1.807, 2.05) is 0 Å². The summed E-state index contributed by atoms with van der Waals surface area (Å²) in [4.78, 5) is 22.9. The Balaban J connectivity index is 2.36. The summed E-state index contributed by atoms with van der Waals surface area (Å²) >= 11 is 0. The number of ketones is 1. The zero-order valence-corrected chi connectivity index (χ0v) is 13.3. The number of esters is 1. The highest BCUT2D eigenvalue weighted by molar-refractivity contribution is 5.98. The molecule has 5 heteroatoms. The SMILES string of the molecule is COC(=O)CCCCCCC1=C(C(OC)OC)CCC1=O. The predicted molar refractivity (Wildman–Crippen MR) is 78.8 cm³/mol. The fourth-order valence-electron chi connectivity index (χ4n) is 2.70. The van der Waals surface area contributed by atoms with Crippen LogP contribution in [0.4, 0.5) is 0 Å². The van der Waals surface area contributed by atoms with Gasteiger partial charge in [0.15, 0.2) is 12.1 Å². The van der Waals surface area contributed by atoms with Gasteiger partial charge in [-0.2, -0.15) is 0 Å². The van der Waals surface area contributed by atoms with Gasteiger partial charge in [0, 0.05) is 27.1 Å². The van der Waals surface area contributed by atoms with Gasteiger partial charge in [0.25, 0.3) is 0 Å². The largest absolute Gasteiger partial charge is 0.469 e. The molecule has 0 saturated carbocycles. The lowest BCUT2D eigenvalue weighted by Crippen LogP contribution is -2.16. The van der Waals surface area contributed by atoms with Gasteiger partial charge in [-0.15, -0.1) is 0 Å². The van der Waals surface area contributed by atoms with E-state index in [0.29, 0.717) is 12.8 Å². The van der Waals surface area contributed by atoms with Crippen molar-refractivity contribution >= 4 is 11.8 Å². The molecule has 0 fully saturated rings. The number of hydrogen-bond donors (Lipinski definition) is 0. The smallest absolute Gasteiger partial charge is 0.305 e. The van der Waals surface area contributed by atoms with Gasteiger partial charge in [0.1, 0.15) is 0 Å². The minimum Gasteiger partial charge on any atom is -0.469 e. The first-order chi connectivity index (χ1) is 10.1. The van der Waals surface area contributed by atoms with E-state index >= 15 is 0 Å². The monoisotopic (exact) mass is 298 g/mol. The van der Waals surface area contributed by atoms with Crippen molar-refractivity contribution < 1.29 is 23.8 Å². The van der Waals surface area contributed by atoms with Gasteiger partial charge in [-0.3, -0.25) is 9.59 Å². The van der Waals surface area contributed by atoms with E-state index in [2.05, 4.69) is 4.74 Å². The van der Waals surface area contributed by atoms with Crippen molar-refractivity contribution in [1.29, 1.82) is 0 Å². The summed E-state index contributed by atoms with van der Waals surface area (Å²) in [6, 6.07) is 0. The van der Waals surface area contributed by atoms with E-state index in [0.717, 1.165) is 49.7 Å². The van der Waals surface area contributed by atoms with Gasteiger partial charge >= 0.3 is 5.97 Å². The molecule has 0 amide bonds. The van der Waals surface area contributed by atoms with Crippen molar-refractivity contribution in [2.45, 2.75) is 57.7 Å². The standard InChI is InChI=1S/C16H26O5/c1-19-15(18)9-7-5-4-6-8-12-13(10-11-14(12)17)16(20-2)21-3/h16H,4-11H2,1-3H3. The fourth-order valence-corrected chi connectivity index (χ4v) is 2.70. The lowest BCUT2D eigenvalue weighted by Gasteiger charge is -2.16. The molecule has 0 bridgehead atoms. The quantitative estimate of drug-likeness (QED) is 0.352. The Morgan fingerprint density at radius 2 is 1.71 bits per heavy atom. The minimum atomic E-state index is -0.397. The molecule has 0 N–H and O–H groups in total. The number of carbonyl (C=O) groups is 2. The van der Waals surface area contributed by atoms with E-state index in [1.54, 1.807) is 14.2 Å². The van der Waals surface area contributed by atoms with Gasteiger partial charge in [0.05, 0.1) is 7.11 Å². The third-order valence-electron chi connectivity index (χ3n) is 3.84. The van der Waals surface area contributed by atoms with Gasteiger partial charge in [-0.05, 0) is 36.8 Å². The lowest BCUT2D eigenvalue weighted by molar-refractivity contribution is -0.140. The highest BCUT2D eigenvalue weighted by Crippen LogP contribution is 2.30. The first-order valence-electron chi connectivity index (χ1n) is 7.51. The third kappa shape index (κ3) is 5.59. The number of hydrogen-bond acceptors (Lipinski definition) is 5. The van der Waals surface area contributed by atoms with E-state index in [-0.39, 0.29) is 11.8 Å². The molecule has 0 radical (unpaired) electrons. The molecule has 0 aromatic carbocycles. The van der Waals surface area contributed by atoms with E-state index in [4.69, 9.17) is 9.47 Å². The van der Waals surface area contributed by atoms with Crippen molar-refractivity contribution in [2.24, 2.45) is 0 Å². The van der Waals surface area contributed by atoms with Crippen LogP contribution in [0.1, 0.15) is 51.4 Å². The van der Waals surface area contributed by atoms with Crippen LogP contribution in [-0.4, -0.2) is 39.4 Å². The summed E-state index contributed by atoms with van der Waals surface area (Å²) in [6.07, 6.45) is 5.92. The Labute approximate surface area is 126 Å². The van der Waals surface area contributed by atoms with E-state index in [1.165, 1.54) is 7.11 Å². The Kier molecular flexibility index (Phi) is 8.23. The minimum absolute atomic E-state index is 0.158. The summed E-state index contributed by atoms with van der Waals surface area (Å²) in [7, 11) is 4.59. The molecular weight excluding hydrogens is 272 g/mol. The molecule has 21 heavy (non-hydrogen) atoms. The maximum atomic E-state index is 11.9. The summed E-state index contributed by atoms with van der Waals surface area (Å²) in [5.41, 5.74) is 1.89.